The number of piperidine rings is 1. The van der Waals surface area contributed by atoms with Crippen molar-refractivity contribution in [2.45, 2.75) is 11.8 Å². The van der Waals surface area contributed by atoms with Crippen LogP contribution in [0, 0.1) is 23.1 Å². The fourth-order valence-electron chi connectivity index (χ4n) is 5.60. The summed E-state index contributed by atoms with van der Waals surface area (Å²) in [6, 6.07) is 10.9. The van der Waals surface area contributed by atoms with E-state index < -0.39 is 5.97 Å². The molecule has 3 atom stereocenters. The normalized spacial score (nSPS) is 23.0. The Morgan fingerprint density at radius 2 is 2.09 bits per heavy atom. The first kappa shape index (κ1) is 23.2. The number of nitrogens with zero attached hydrogens (tertiary/aromatic N) is 3. The fraction of sp³-hybridized carbons (Fsp3) is 0.280. The first-order valence-electron chi connectivity index (χ1n) is 11.2. The van der Waals surface area contributed by atoms with Crippen LogP contribution in [0.5, 0.6) is 0 Å². The summed E-state index contributed by atoms with van der Waals surface area (Å²) in [6.45, 7) is 1.72. The first-order valence-corrected chi connectivity index (χ1v) is 11.6. The van der Waals surface area contributed by atoms with Crippen molar-refractivity contribution in [1.82, 2.24) is 9.97 Å². The van der Waals surface area contributed by atoms with E-state index in [0.29, 0.717) is 36.9 Å². The molecule has 1 aliphatic heterocycles. The lowest BCUT2D eigenvalue weighted by Crippen LogP contribution is -2.40. The second kappa shape index (κ2) is 8.58. The molecule has 0 unspecified atom stereocenters. The van der Waals surface area contributed by atoms with Gasteiger partial charge in [-0.3, -0.25) is 5.41 Å². The van der Waals surface area contributed by atoms with Crippen molar-refractivity contribution < 1.29 is 14.3 Å². The number of benzene rings is 2. The van der Waals surface area contributed by atoms with Gasteiger partial charge in [-0.15, -0.1) is 0 Å². The summed E-state index contributed by atoms with van der Waals surface area (Å²) in [5.74, 6) is -0.315. The maximum absolute atomic E-state index is 14.8. The molecule has 2 aliphatic rings. The Morgan fingerprint density at radius 3 is 2.77 bits per heavy atom. The van der Waals surface area contributed by atoms with Crippen LogP contribution in [0.4, 0.5) is 16.0 Å². The van der Waals surface area contributed by atoms with Crippen LogP contribution in [-0.2, 0) is 5.41 Å². The second-order valence-corrected chi connectivity index (χ2v) is 9.42. The molecule has 0 bridgehead atoms. The molecule has 1 saturated carbocycles. The highest BCUT2D eigenvalue weighted by Crippen LogP contribution is 2.64. The Morgan fingerprint density at radius 1 is 1.31 bits per heavy atom. The topological polar surface area (TPSA) is 142 Å². The van der Waals surface area contributed by atoms with Crippen molar-refractivity contribution in [3.8, 4) is 0 Å². The van der Waals surface area contributed by atoms with Crippen molar-refractivity contribution >= 4 is 34.9 Å². The minimum atomic E-state index is -1.13. The number of aromatic nitrogens is 2. The molecule has 8 nitrogen and oxygen atoms in total. The van der Waals surface area contributed by atoms with E-state index in [1.807, 2.05) is 17.0 Å². The van der Waals surface area contributed by atoms with Crippen molar-refractivity contribution in [2.75, 3.05) is 30.3 Å². The van der Waals surface area contributed by atoms with Crippen LogP contribution in [0.1, 0.15) is 33.6 Å². The zero-order valence-corrected chi connectivity index (χ0v) is 19.5. The van der Waals surface area contributed by atoms with Crippen molar-refractivity contribution in [2.24, 2.45) is 17.6 Å². The van der Waals surface area contributed by atoms with Crippen LogP contribution in [-0.4, -0.2) is 46.4 Å². The lowest BCUT2D eigenvalue weighted by Gasteiger charge is -2.34. The number of carboxylic acids is 1. The zero-order valence-electron chi connectivity index (χ0n) is 18.7. The lowest BCUT2D eigenvalue weighted by atomic mass is 9.87. The first-order chi connectivity index (χ1) is 16.8. The Hall–Kier alpha value is -3.56. The number of hydrogen-bond donors (Lipinski definition) is 4. The van der Waals surface area contributed by atoms with Crippen molar-refractivity contribution in [3.05, 3.63) is 81.9 Å². The van der Waals surface area contributed by atoms with E-state index in [1.54, 1.807) is 6.07 Å². The van der Waals surface area contributed by atoms with Gasteiger partial charge in [0.1, 0.15) is 17.3 Å². The number of nitrogens with two attached hydrogens (primary N) is 2. The summed E-state index contributed by atoms with van der Waals surface area (Å²) in [5.41, 5.74) is 12.7. The number of hydrogen-bond acceptors (Lipinski definition) is 7. The number of halogens is 2. The number of carboxylic acid groups (broad SMARTS) is 1. The third kappa shape index (κ3) is 3.71. The Kier molecular flexibility index (Phi) is 5.69. The quantitative estimate of drug-likeness (QED) is 0.385. The zero-order chi connectivity index (χ0) is 24.9. The van der Waals surface area contributed by atoms with Crippen LogP contribution < -0.4 is 16.4 Å². The summed E-state index contributed by atoms with van der Waals surface area (Å²) in [5, 5.41) is 18.0. The summed E-state index contributed by atoms with van der Waals surface area (Å²) in [7, 11) is 0. The summed E-state index contributed by atoms with van der Waals surface area (Å²) < 4.78 is 14.8. The van der Waals surface area contributed by atoms with Crippen LogP contribution in [0.3, 0.4) is 0 Å². The molecular formula is C25H24ClFN6O2. The maximum atomic E-state index is 14.8. The molecule has 1 aliphatic carbocycles. The summed E-state index contributed by atoms with van der Waals surface area (Å²) in [4.78, 5) is 22.2. The van der Waals surface area contributed by atoms with Gasteiger partial charge in [-0.2, -0.15) is 0 Å². The molecule has 3 aromatic rings. The molecule has 35 heavy (non-hydrogen) atoms. The predicted molar refractivity (Wildman–Crippen MR) is 132 cm³/mol. The van der Waals surface area contributed by atoms with Gasteiger partial charge in [-0.1, -0.05) is 29.8 Å². The fourth-order valence-corrected chi connectivity index (χ4v) is 5.81. The Balaban J connectivity index is 1.44. The average molecular weight is 495 g/mol. The summed E-state index contributed by atoms with van der Waals surface area (Å²) >= 11 is 6.21. The van der Waals surface area contributed by atoms with Crippen LogP contribution >= 0.6 is 11.6 Å². The van der Waals surface area contributed by atoms with Gasteiger partial charge >= 0.3 is 5.97 Å². The van der Waals surface area contributed by atoms with E-state index in [-0.39, 0.29) is 50.5 Å². The SMILES string of the molecule is N=C(c1cc(C(=O)O)ccc1Cl)c1ncc(N2CC[C@@H]3[C@H](CN)[C@@]3(c3ccccc3F)C2)nc1N. The van der Waals surface area contributed by atoms with E-state index in [1.165, 1.54) is 30.5 Å². The predicted octanol–water partition coefficient (Wildman–Crippen LogP) is 3.32. The van der Waals surface area contributed by atoms with E-state index in [9.17, 15) is 14.3 Å². The minimum Gasteiger partial charge on any atom is -0.478 e. The van der Waals surface area contributed by atoms with E-state index in [2.05, 4.69) is 9.97 Å². The average Bonchev–Trinajstić information content (AvgIpc) is 3.51. The highest BCUT2D eigenvalue weighted by atomic mass is 35.5. The van der Waals surface area contributed by atoms with Crippen LogP contribution in [0.25, 0.3) is 0 Å². The number of nitrogens with one attached hydrogen (secondary N) is 1. The highest BCUT2D eigenvalue weighted by Gasteiger charge is 2.67. The number of rotatable bonds is 6. The number of nitrogen functional groups attached to an aromatic ring is 1. The molecule has 10 heteroatoms. The third-order valence-electron chi connectivity index (χ3n) is 7.32. The number of carbonyl (C=O) groups is 1. The van der Waals surface area contributed by atoms with Crippen molar-refractivity contribution in [1.29, 1.82) is 5.41 Å². The minimum absolute atomic E-state index is 0.00231. The summed E-state index contributed by atoms with van der Waals surface area (Å²) in [6.07, 6.45) is 2.37. The molecule has 2 aromatic carbocycles. The van der Waals surface area contributed by atoms with E-state index >= 15 is 0 Å². The molecule has 1 aromatic heterocycles. The molecular weight excluding hydrogens is 471 g/mol. The highest BCUT2D eigenvalue weighted by molar-refractivity contribution is 6.35. The molecule has 0 spiro atoms. The number of aromatic carboxylic acids is 1. The van der Waals surface area contributed by atoms with Crippen LogP contribution in [0.15, 0.2) is 48.7 Å². The Labute approximate surface area is 206 Å². The second-order valence-electron chi connectivity index (χ2n) is 9.02. The smallest absolute Gasteiger partial charge is 0.335 e. The number of anilines is 2. The molecule has 0 amide bonds. The standard InChI is InChI=1S/C25H24ClFN6O2/c26-18-6-5-13(24(34)35)9-14(18)21(29)22-23(30)32-20(11-31-22)33-8-7-15-17(10-28)25(15,12-33)16-3-1-2-4-19(16)27/h1-6,9,11,15,17,29H,7-8,10,12,28H2,(H2,30,32)(H,34,35)/t15-,17+,25+/m1/s1. The largest absolute Gasteiger partial charge is 0.478 e. The monoisotopic (exact) mass is 494 g/mol. The van der Waals surface area contributed by atoms with Gasteiger partial charge in [0, 0.05) is 24.1 Å². The molecule has 180 valence electrons. The molecule has 1 saturated heterocycles. The number of fused-ring (bicyclic) bond motifs is 1. The molecule has 2 fully saturated rings. The maximum Gasteiger partial charge on any atom is 0.335 e. The van der Waals surface area contributed by atoms with Gasteiger partial charge in [0.25, 0.3) is 0 Å². The van der Waals surface area contributed by atoms with E-state index in [4.69, 9.17) is 28.5 Å². The third-order valence-corrected chi connectivity index (χ3v) is 7.65. The Bertz CT molecular complexity index is 1350. The van der Waals surface area contributed by atoms with E-state index in [0.717, 1.165) is 6.42 Å². The van der Waals surface area contributed by atoms with Gasteiger partial charge in [-0.25, -0.2) is 19.2 Å². The molecule has 2 heterocycles. The molecule has 6 N–H and O–H groups in total. The van der Waals surface area contributed by atoms with Gasteiger partial charge in [0.15, 0.2) is 5.82 Å². The van der Waals surface area contributed by atoms with Gasteiger partial charge in [0.2, 0.25) is 0 Å². The molecule has 5 rings (SSSR count). The lowest BCUT2D eigenvalue weighted by molar-refractivity contribution is 0.0697. The van der Waals surface area contributed by atoms with Gasteiger partial charge in [0.05, 0.1) is 22.5 Å². The molecule has 0 radical (unpaired) electrons. The van der Waals surface area contributed by atoms with Crippen molar-refractivity contribution in [3.63, 3.8) is 0 Å². The van der Waals surface area contributed by atoms with Crippen LogP contribution in [0.2, 0.25) is 5.02 Å². The van der Waals surface area contributed by atoms with Gasteiger partial charge in [-0.05, 0) is 54.6 Å². The van der Waals surface area contributed by atoms with Gasteiger partial charge < -0.3 is 21.5 Å².